The second kappa shape index (κ2) is 13.4. The van der Waals surface area contributed by atoms with Gasteiger partial charge in [0.1, 0.15) is 5.75 Å². The van der Waals surface area contributed by atoms with E-state index in [0.717, 1.165) is 12.8 Å². The molecule has 0 spiro atoms. The van der Waals surface area contributed by atoms with Crippen molar-refractivity contribution in [3.63, 3.8) is 0 Å². The maximum absolute atomic E-state index is 11.7. The Bertz CT molecular complexity index is 902. The van der Waals surface area contributed by atoms with Gasteiger partial charge in [-0.2, -0.15) is 0 Å². The summed E-state index contributed by atoms with van der Waals surface area (Å²) in [5.74, 6) is -1.15. The van der Waals surface area contributed by atoms with Crippen molar-refractivity contribution in [3.05, 3.63) is 70.3 Å². The van der Waals surface area contributed by atoms with Crippen LogP contribution < -0.4 is 15.6 Å². The first kappa shape index (κ1) is 24.3. The first-order valence-corrected chi connectivity index (χ1v) is 10.1. The summed E-state index contributed by atoms with van der Waals surface area (Å²) in [6, 6.07) is 15.1. The number of nitro benzene ring substituents is 1. The van der Waals surface area contributed by atoms with Crippen LogP contribution in [0.3, 0.4) is 0 Å². The summed E-state index contributed by atoms with van der Waals surface area (Å²) < 4.78 is 10.3. The predicted molar refractivity (Wildman–Crippen MR) is 114 cm³/mol. The van der Waals surface area contributed by atoms with E-state index in [9.17, 15) is 24.5 Å². The normalized spacial score (nSPS) is 10.1. The fourth-order valence-electron chi connectivity index (χ4n) is 2.62. The molecule has 10 nitrogen and oxygen atoms in total. The van der Waals surface area contributed by atoms with Crippen LogP contribution in [0.2, 0.25) is 0 Å². The molecule has 0 bridgehead atoms. The fourth-order valence-corrected chi connectivity index (χ4v) is 2.62. The average molecular weight is 443 g/mol. The van der Waals surface area contributed by atoms with Crippen molar-refractivity contribution in [1.29, 1.82) is 0 Å². The molecule has 0 unspecified atom stereocenters. The monoisotopic (exact) mass is 443 g/mol. The Morgan fingerprint density at radius 3 is 2.25 bits per heavy atom. The van der Waals surface area contributed by atoms with Crippen LogP contribution in [0.5, 0.6) is 5.75 Å². The first-order chi connectivity index (χ1) is 15.4. The predicted octanol–water partition coefficient (Wildman–Crippen LogP) is 2.47. The topological polar surface area (TPSA) is 137 Å². The summed E-state index contributed by atoms with van der Waals surface area (Å²) >= 11 is 0. The summed E-state index contributed by atoms with van der Waals surface area (Å²) in [5, 5.41) is 10.6. The third-order valence-electron chi connectivity index (χ3n) is 4.26. The molecule has 2 rings (SSSR count). The van der Waals surface area contributed by atoms with Crippen molar-refractivity contribution >= 4 is 23.5 Å². The highest BCUT2D eigenvalue weighted by molar-refractivity contribution is 5.83. The lowest BCUT2D eigenvalue weighted by Crippen LogP contribution is -2.43. The van der Waals surface area contributed by atoms with Gasteiger partial charge < -0.3 is 9.47 Å². The SMILES string of the molecule is O=C(CCCC(=O)OCCCc1ccccc1)NNC(=O)COc1ccc([N+](=O)[O-])cc1. The maximum atomic E-state index is 11.7. The van der Waals surface area contributed by atoms with Crippen LogP contribution in [-0.4, -0.2) is 35.9 Å². The van der Waals surface area contributed by atoms with Gasteiger partial charge in [-0.1, -0.05) is 30.3 Å². The van der Waals surface area contributed by atoms with E-state index in [4.69, 9.17) is 9.47 Å². The minimum absolute atomic E-state index is 0.0443. The number of rotatable bonds is 12. The van der Waals surface area contributed by atoms with Crippen molar-refractivity contribution in [2.75, 3.05) is 13.2 Å². The Morgan fingerprint density at radius 1 is 0.875 bits per heavy atom. The summed E-state index contributed by atoms with van der Waals surface area (Å²) in [6.45, 7) is -0.0574. The number of carbonyl (C=O) groups is 3. The maximum Gasteiger partial charge on any atom is 0.305 e. The molecule has 0 heterocycles. The zero-order valence-corrected chi connectivity index (χ0v) is 17.5. The number of hydrogen-bond acceptors (Lipinski definition) is 7. The van der Waals surface area contributed by atoms with Gasteiger partial charge >= 0.3 is 5.97 Å². The molecular formula is C22H25N3O7. The van der Waals surface area contributed by atoms with E-state index in [-0.39, 0.29) is 36.9 Å². The van der Waals surface area contributed by atoms with Gasteiger partial charge in [-0.05, 0) is 37.0 Å². The molecular weight excluding hydrogens is 418 g/mol. The number of ether oxygens (including phenoxy) is 2. The third kappa shape index (κ3) is 9.70. The van der Waals surface area contributed by atoms with Gasteiger partial charge in [0.15, 0.2) is 6.61 Å². The molecule has 0 fully saturated rings. The van der Waals surface area contributed by atoms with Crippen molar-refractivity contribution in [2.45, 2.75) is 32.1 Å². The fraction of sp³-hybridized carbons (Fsp3) is 0.318. The van der Waals surface area contributed by atoms with Crippen LogP contribution in [-0.2, 0) is 25.5 Å². The molecule has 0 aliphatic rings. The van der Waals surface area contributed by atoms with Crippen LogP contribution in [0.25, 0.3) is 0 Å². The number of aryl methyl sites for hydroxylation is 1. The molecule has 0 aromatic heterocycles. The van der Waals surface area contributed by atoms with Crippen molar-refractivity contribution < 1.29 is 28.8 Å². The molecule has 32 heavy (non-hydrogen) atoms. The molecule has 170 valence electrons. The third-order valence-corrected chi connectivity index (χ3v) is 4.26. The van der Waals surface area contributed by atoms with Gasteiger partial charge in [-0.25, -0.2) is 0 Å². The van der Waals surface area contributed by atoms with Crippen LogP contribution in [0.4, 0.5) is 5.69 Å². The number of benzene rings is 2. The van der Waals surface area contributed by atoms with Crippen molar-refractivity contribution in [3.8, 4) is 5.75 Å². The zero-order valence-electron chi connectivity index (χ0n) is 17.5. The van der Waals surface area contributed by atoms with Gasteiger partial charge in [-0.15, -0.1) is 0 Å². The van der Waals surface area contributed by atoms with Gasteiger partial charge in [0.2, 0.25) is 5.91 Å². The summed E-state index contributed by atoms with van der Waals surface area (Å²) in [6.07, 6.45) is 1.99. The Balaban J connectivity index is 1.50. The van der Waals surface area contributed by atoms with E-state index < -0.39 is 16.7 Å². The Morgan fingerprint density at radius 2 is 1.56 bits per heavy atom. The lowest BCUT2D eigenvalue weighted by molar-refractivity contribution is -0.384. The number of hydrazine groups is 1. The van der Waals surface area contributed by atoms with Gasteiger partial charge in [-0.3, -0.25) is 35.3 Å². The van der Waals surface area contributed by atoms with Gasteiger partial charge in [0.25, 0.3) is 11.6 Å². The minimum atomic E-state index is -0.602. The smallest absolute Gasteiger partial charge is 0.305 e. The highest BCUT2D eigenvalue weighted by Gasteiger charge is 2.09. The highest BCUT2D eigenvalue weighted by Crippen LogP contribution is 2.17. The number of nitrogens with zero attached hydrogens (tertiary/aromatic N) is 1. The average Bonchev–Trinajstić information content (AvgIpc) is 2.80. The van der Waals surface area contributed by atoms with Crippen LogP contribution >= 0.6 is 0 Å². The number of hydrogen-bond donors (Lipinski definition) is 2. The van der Waals surface area contributed by atoms with E-state index in [1.54, 1.807) is 0 Å². The number of esters is 1. The molecule has 0 aliphatic heterocycles. The Labute approximate surface area is 185 Å². The molecule has 2 amide bonds. The van der Waals surface area contributed by atoms with Gasteiger partial charge in [0, 0.05) is 25.0 Å². The Hall–Kier alpha value is -3.95. The number of nitro groups is 1. The number of carbonyl (C=O) groups excluding carboxylic acids is 3. The van der Waals surface area contributed by atoms with Crippen LogP contribution in [0.1, 0.15) is 31.2 Å². The molecule has 2 N–H and O–H groups in total. The molecule has 0 radical (unpaired) electrons. The molecule has 0 saturated heterocycles. The largest absolute Gasteiger partial charge is 0.484 e. The quantitative estimate of drug-likeness (QED) is 0.222. The van der Waals surface area contributed by atoms with Crippen molar-refractivity contribution in [2.24, 2.45) is 0 Å². The number of non-ortho nitro benzene ring substituents is 1. The van der Waals surface area contributed by atoms with E-state index in [1.807, 2.05) is 30.3 Å². The molecule has 0 saturated carbocycles. The molecule has 0 aliphatic carbocycles. The lowest BCUT2D eigenvalue weighted by atomic mass is 10.1. The minimum Gasteiger partial charge on any atom is -0.484 e. The van der Waals surface area contributed by atoms with Crippen LogP contribution in [0.15, 0.2) is 54.6 Å². The molecule has 0 atom stereocenters. The summed E-state index contributed by atoms with van der Waals surface area (Å²) in [4.78, 5) is 45.2. The van der Waals surface area contributed by atoms with E-state index in [2.05, 4.69) is 10.9 Å². The highest BCUT2D eigenvalue weighted by atomic mass is 16.6. The van der Waals surface area contributed by atoms with Crippen molar-refractivity contribution in [1.82, 2.24) is 10.9 Å². The van der Waals surface area contributed by atoms with E-state index in [0.29, 0.717) is 13.0 Å². The number of amides is 2. The van der Waals surface area contributed by atoms with E-state index in [1.165, 1.54) is 29.8 Å². The number of nitrogens with one attached hydrogen (secondary N) is 2. The summed E-state index contributed by atoms with van der Waals surface area (Å²) in [5.41, 5.74) is 5.51. The van der Waals surface area contributed by atoms with E-state index >= 15 is 0 Å². The lowest BCUT2D eigenvalue weighted by Gasteiger charge is -2.09. The van der Waals surface area contributed by atoms with Crippen LogP contribution in [0, 0.1) is 10.1 Å². The summed E-state index contributed by atoms with van der Waals surface area (Å²) in [7, 11) is 0. The molecule has 2 aromatic carbocycles. The second-order valence-electron chi connectivity index (χ2n) is 6.80. The molecule has 10 heteroatoms. The standard InChI is InChI=1S/C22H25N3O7/c26-20(9-4-10-22(28)31-15-5-8-17-6-2-1-3-7-17)23-24-21(27)16-32-19-13-11-18(12-14-19)25(29)30/h1-3,6-7,11-14H,4-5,8-10,15-16H2,(H,23,26)(H,24,27). The first-order valence-electron chi connectivity index (χ1n) is 10.1. The Kier molecular flexibility index (Phi) is 10.2. The zero-order chi connectivity index (χ0) is 23.2. The second-order valence-corrected chi connectivity index (χ2v) is 6.80. The molecule has 2 aromatic rings. The van der Waals surface area contributed by atoms with Gasteiger partial charge in [0.05, 0.1) is 11.5 Å².